The predicted molar refractivity (Wildman–Crippen MR) is 54.6 cm³/mol. The molecule has 0 aromatic carbocycles. The molecule has 2 atom stereocenters. The maximum atomic E-state index is 11.6. The third-order valence-electron chi connectivity index (χ3n) is 3.37. The van der Waals surface area contributed by atoms with Crippen molar-refractivity contribution < 1.29 is 9.59 Å². The Labute approximate surface area is 85.3 Å². The summed E-state index contributed by atoms with van der Waals surface area (Å²) in [7, 11) is 0. The van der Waals surface area contributed by atoms with Gasteiger partial charge in [-0.2, -0.15) is 0 Å². The summed E-state index contributed by atoms with van der Waals surface area (Å²) in [6.07, 6.45) is 3.24. The first kappa shape index (κ1) is 11.2. The number of imide groups is 1. The molecule has 3 nitrogen and oxygen atoms in total. The second-order valence-electron chi connectivity index (χ2n) is 4.44. The van der Waals surface area contributed by atoms with Crippen molar-refractivity contribution in [2.24, 2.45) is 11.3 Å². The van der Waals surface area contributed by atoms with E-state index in [2.05, 4.69) is 19.2 Å². The molecule has 1 saturated heterocycles. The van der Waals surface area contributed by atoms with Crippen LogP contribution in [0.2, 0.25) is 0 Å². The topological polar surface area (TPSA) is 46.2 Å². The predicted octanol–water partition coefficient (Wildman–Crippen LogP) is 1.87. The fourth-order valence-corrected chi connectivity index (χ4v) is 2.21. The lowest BCUT2D eigenvalue weighted by molar-refractivity contribution is -0.143. The summed E-state index contributed by atoms with van der Waals surface area (Å²) in [5, 5.41) is 2.43. The van der Waals surface area contributed by atoms with Crippen LogP contribution in [0, 0.1) is 11.3 Å². The monoisotopic (exact) mass is 197 g/mol. The van der Waals surface area contributed by atoms with E-state index < -0.39 is 0 Å². The Morgan fingerprint density at radius 2 is 2.07 bits per heavy atom. The zero-order valence-corrected chi connectivity index (χ0v) is 9.22. The highest BCUT2D eigenvalue weighted by Crippen LogP contribution is 2.40. The summed E-state index contributed by atoms with van der Waals surface area (Å²) in [5.74, 6) is -0.186. The molecule has 0 aromatic heterocycles. The third kappa shape index (κ3) is 1.97. The molecule has 14 heavy (non-hydrogen) atoms. The average molecular weight is 197 g/mol. The molecule has 0 bridgehead atoms. The van der Waals surface area contributed by atoms with E-state index in [1.54, 1.807) is 0 Å². The minimum Gasteiger partial charge on any atom is -0.296 e. The van der Waals surface area contributed by atoms with Crippen molar-refractivity contribution in [1.29, 1.82) is 0 Å². The van der Waals surface area contributed by atoms with E-state index in [0.717, 1.165) is 19.3 Å². The highest BCUT2D eigenvalue weighted by Gasteiger charge is 2.43. The van der Waals surface area contributed by atoms with E-state index in [9.17, 15) is 9.59 Å². The van der Waals surface area contributed by atoms with Gasteiger partial charge in [-0.3, -0.25) is 14.9 Å². The van der Waals surface area contributed by atoms with E-state index in [4.69, 9.17) is 0 Å². The number of nitrogens with one attached hydrogen (secondary N) is 1. The molecule has 1 aliphatic rings. The maximum absolute atomic E-state index is 11.6. The Balaban J connectivity index is 2.86. The summed E-state index contributed by atoms with van der Waals surface area (Å²) in [6.45, 7) is 6.16. The lowest BCUT2D eigenvalue weighted by Crippen LogP contribution is -2.50. The van der Waals surface area contributed by atoms with Crippen molar-refractivity contribution >= 4 is 11.8 Å². The van der Waals surface area contributed by atoms with E-state index in [1.165, 1.54) is 0 Å². The van der Waals surface area contributed by atoms with Crippen molar-refractivity contribution in [1.82, 2.24) is 5.32 Å². The molecule has 80 valence electrons. The highest BCUT2D eigenvalue weighted by atomic mass is 16.2. The molecule has 0 spiro atoms. The quantitative estimate of drug-likeness (QED) is 0.702. The van der Waals surface area contributed by atoms with E-state index >= 15 is 0 Å². The first-order valence-corrected chi connectivity index (χ1v) is 5.37. The van der Waals surface area contributed by atoms with Crippen LogP contribution >= 0.6 is 0 Å². The van der Waals surface area contributed by atoms with Gasteiger partial charge in [0.2, 0.25) is 11.8 Å². The van der Waals surface area contributed by atoms with Gasteiger partial charge in [0, 0.05) is 12.3 Å². The summed E-state index contributed by atoms with van der Waals surface area (Å²) < 4.78 is 0. The molecular weight excluding hydrogens is 178 g/mol. The van der Waals surface area contributed by atoms with Gasteiger partial charge in [-0.15, -0.1) is 0 Å². The number of amides is 2. The van der Waals surface area contributed by atoms with Crippen molar-refractivity contribution in [2.45, 2.75) is 46.5 Å². The summed E-state index contributed by atoms with van der Waals surface area (Å²) in [5.41, 5.74) is -0.130. The molecular formula is C11H19NO2. The summed E-state index contributed by atoms with van der Waals surface area (Å²) in [4.78, 5) is 22.9. The lowest BCUT2D eigenvalue weighted by Gasteiger charge is -2.39. The molecule has 1 N–H and O–H groups in total. The number of carbonyl (C=O) groups excluding carboxylic acids is 2. The van der Waals surface area contributed by atoms with Gasteiger partial charge in [-0.05, 0) is 18.3 Å². The van der Waals surface area contributed by atoms with Gasteiger partial charge in [0.25, 0.3) is 0 Å². The molecule has 0 radical (unpaired) electrons. The van der Waals surface area contributed by atoms with Crippen LogP contribution in [0.4, 0.5) is 0 Å². The van der Waals surface area contributed by atoms with Gasteiger partial charge in [-0.1, -0.05) is 27.2 Å². The Hall–Kier alpha value is -0.860. The van der Waals surface area contributed by atoms with Crippen LogP contribution in [-0.4, -0.2) is 11.8 Å². The molecule has 1 aliphatic heterocycles. The molecule has 1 fully saturated rings. The Morgan fingerprint density at radius 3 is 2.57 bits per heavy atom. The van der Waals surface area contributed by atoms with Crippen LogP contribution in [0.3, 0.4) is 0 Å². The summed E-state index contributed by atoms with van der Waals surface area (Å²) >= 11 is 0. The van der Waals surface area contributed by atoms with Crippen LogP contribution in [0.5, 0.6) is 0 Å². The Morgan fingerprint density at radius 1 is 1.43 bits per heavy atom. The fraction of sp³-hybridized carbons (Fsp3) is 0.818. The molecule has 1 heterocycles. The van der Waals surface area contributed by atoms with E-state index in [1.807, 2.05) is 6.92 Å². The van der Waals surface area contributed by atoms with Crippen molar-refractivity contribution in [3.8, 4) is 0 Å². The van der Waals surface area contributed by atoms with Gasteiger partial charge in [0.15, 0.2) is 0 Å². The van der Waals surface area contributed by atoms with Crippen LogP contribution in [0.15, 0.2) is 0 Å². The second kappa shape index (κ2) is 4.11. The third-order valence-corrected chi connectivity index (χ3v) is 3.37. The van der Waals surface area contributed by atoms with Crippen molar-refractivity contribution in [3.05, 3.63) is 0 Å². The number of rotatable bonds is 3. The molecule has 2 amide bonds. The molecule has 1 rings (SSSR count). The molecule has 0 aliphatic carbocycles. The SMILES string of the molecule is CCCC1C(=O)NC(=O)CC1(C)CC. The number of carbonyl (C=O) groups is 2. The highest BCUT2D eigenvalue weighted by molar-refractivity contribution is 5.99. The Bertz CT molecular complexity index is 250. The summed E-state index contributed by atoms with van der Waals surface area (Å²) in [6, 6.07) is 0. The smallest absolute Gasteiger partial charge is 0.230 e. The van der Waals surface area contributed by atoms with Gasteiger partial charge in [0.1, 0.15) is 0 Å². The molecule has 2 unspecified atom stereocenters. The molecule has 3 heteroatoms. The number of piperidine rings is 1. The average Bonchev–Trinajstić information content (AvgIpc) is 2.11. The van der Waals surface area contributed by atoms with Gasteiger partial charge in [-0.25, -0.2) is 0 Å². The van der Waals surface area contributed by atoms with Gasteiger partial charge >= 0.3 is 0 Å². The van der Waals surface area contributed by atoms with Crippen LogP contribution in [0.25, 0.3) is 0 Å². The maximum Gasteiger partial charge on any atom is 0.230 e. The van der Waals surface area contributed by atoms with E-state index in [0.29, 0.717) is 6.42 Å². The zero-order valence-electron chi connectivity index (χ0n) is 9.22. The molecule has 0 saturated carbocycles. The Kier molecular flexibility index (Phi) is 3.29. The number of hydrogen-bond donors (Lipinski definition) is 1. The second-order valence-corrected chi connectivity index (χ2v) is 4.44. The number of hydrogen-bond acceptors (Lipinski definition) is 2. The van der Waals surface area contributed by atoms with Crippen LogP contribution in [0.1, 0.15) is 46.5 Å². The van der Waals surface area contributed by atoms with Crippen molar-refractivity contribution in [3.63, 3.8) is 0 Å². The molecule has 0 aromatic rings. The first-order valence-electron chi connectivity index (χ1n) is 5.37. The van der Waals surface area contributed by atoms with Crippen LogP contribution < -0.4 is 5.32 Å². The largest absolute Gasteiger partial charge is 0.296 e. The van der Waals surface area contributed by atoms with Gasteiger partial charge < -0.3 is 0 Å². The minimum atomic E-state index is -0.130. The van der Waals surface area contributed by atoms with Crippen molar-refractivity contribution in [2.75, 3.05) is 0 Å². The zero-order chi connectivity index (χ0) is 10.8. The standard InChI is InChI=1S/C11H19NO2/c1-4-6-8-10(14)12-9(13)7-11(8,3)5-2/h8H,4-7H2,1-3H3,(H,12,13,14). The fourth-order valence-electron chi connectivity index (χ4n) is 2.21. The first-order chi connectivity index (χ1) is 6.53. The lowest BCUT2D eigenvalue weighted by atomic mass is 9.68. The van der Waals surface area contributed by atoms with E-state index in [-0.39, 0.29) is 23.1 Å². The minimum absolute atomic E-state index is 0.00944. The van der Waals surface area contributed by atoms with Crippen LogP contribution in [-0.2, 0) is 9.59 Å². The van der Waals surface area contributed by atoms with Gasteiger partial charge in [0.05, 0.1) is 0 Å². The normalized spacial score (nSPS) is 32.9.